The van der Waals surface area contributed by atoms with Crippen LogP contribution in [0.3, 0.4) is 0 Å². The number of H-pyrrole nitrogens is 1. The van der Waals surface area contributed by atoms with E-state index in [1.807, 2.05) is 27.4 Å². The molecular formula is C11H14IN2OS-. The number of hydrogen-bond acceptors (Lipinski definition) is 3. The molecule has 0 unspecified atom stereocenters. The molecule has 16 heavy (non-hydrogen) atoms. The van der Waals surface area contributed by atoms with E-state index >= 15 is 0 Å². The summed E-state index contributed by atoms with van der Waals surface area (Å²) in [5.74, 6) is 0.329. The zero-order valence-corrected chi connectivity index (χ0v) is 11.9. The van der Waals surface area contributed by atoms with Crippen LogP contribution in [0.25, 0.3) is 10.9 Å². The van der Waals surface area contributed by atoms with Crippen molar-refractivity contribution in [2.24, 2.45) is 0 Å². The van der Waals surface area contributed by atoms with Crippen molar-refractivity contribution in [1.82, 2.24) is 9.71 Å². The number of phenolic OH excluding ortho intramolecular Hbond substituents is 1. The van der Waals surface area contributed by atoms with Crippen LogP contribution in [0.4, 0.5) is 0 Å². The van der Waals surface area contributed by atoms with Crippen molar-refractivity contribution < 1.29 is 24.9 Å². The summed E-state index contributed by atoms with van der Waals surface area (Å²) in [4.78, 5) is 5.45. The Morgan fingerprint density at radius 3 is 3.19 bits per heavy atom. The van der Waals surface area contributed by atoms with Gasteiger partial charge in [-0.25, -0.2) is 0 Å². The van der Waals surface area contributed by atoms with E-state index in [9.17, 15) is 5.11 Å². The first-order chi connectivity index (χ1) is 7.81. The fraction of sp³-hybridized carbons (Fsp3) is 0.273. The fourth-order valence-electron chi connectivity index (χ4n) is 1.65. The molecular weight excluding hydrogens is 335 g/mol. The van der Waals surface area contributed by atoms with Gasteiger partial charge in [0.05, 0.1) is 0 Å². The van der Waals surface area contributed by atoms with Crippen LogP contribution < -0.4 is 24.5 Å². The molecule has 0 amide bonds. The second-order valence-corrected chi connectivity index (χ2v) is 8.13. The summed E-state index contributed by atoms with van der Waals surface area (Å²) in [6, 6.07) is 5.44. The molecule has 0 saturated heterocycles. The number of rotatable bonds is 5. The molecule has 3 nitrogen and oxygen atoms in total. The molecule has 0 aliphatic heterocycles. The van der Waals surface area contributed by atoms with E-state index in [0.29, 0.717) is 5.75 Å². The molecule has 0 aliphatic rings. The summed E-state index contributed by atoms with van der Waals surface area (Å²) in [5, 5.41) is 10.6. The number of aromatic amines is 1. The van der Waals surface area contributed by atoms with Gasteiger partial charge in [-0.3, -0.25) is 0 Å². The summed E-state index contributed by atoms with van der Waals surface area (Å²) in [6.45, 7) is 0.973. The van der Waals surface area contributed by atoms with Gasteiger partial charge in [0.25, 0.3) is 0 Å². The Morgan fingerprint density at radius 2 is 2.38 bits per heavy atom. The maximum atomic E-state index is 9.45. The average molecular weight is 349 g/mol. The Bertz CT molecular complexity index is 472. The van der Waals surface area contributed by atoms with Gasteiger partial charge in [0.15, 0.2) is 0 Å². The Labute approximate surface area is 108 Å². The standard InChI is InChI=1S/C11H14IN2OS/c1-12-16-14-5-4-8-7-13-11-3-2-9(15)6-10(8)11/h2-3,6-7,13-15H,4-5H2,1H3/q-1. The van der Waals surface area contributed by atoms with Crippen LogP contribution in [0, 0.1) is 0 Å². The van der Waals surface area contributed by atoms with Crippen molar-refractivity contribution in [2.45, 2.75) is 6.42 Å². The number of halogens is 1. The summed E-state index contributed by atoms with van der Waals surface area (Å²) in [6.07, 6.45) is 3.01. The van der Waals surface area contributed by atoms with Crippen molar-refractivity contribution in [1.29, 1.82) is 0 Å². The van der Waals surface area contributed by atoms with Crippen LogP contribution in [0.15, 0.2) is 24.4 Å². The van der Waals surface area contributed by atoms with Gasteiger partial charge in [-0.1, -0.05) is 0 Å². The normalized spacial score (nSPS) is 11.3. The first-order valence-electron chi connectivity index (χ1n) is 4.98. The van der Waals surface area contributed by atoms with Gasteiger partial charge in [0.1, 0.15) is 0 Å². The molecule has 0 atom stereocenters. The Morgan fingerprint density at radius 1 is 1.50 bits per heavy atom. The summed E-state index contributed by atoms with van der Waals surface area (Å²) in [5.41, 5.74) is 2.34. The summed E-state index contributed by atoms with van der Waals surface area (Å²) >= 11 is 0.254. The number of fused-ring (bicyclic) bond motifs is 1. The van der Waals surface area contributed by atoms with Crippen molar-refractivity contribution in [3.8, 4) is 5.75 Å². The Kier molecular flexibility index (Phi) is 4.37. The van der Waals surface area contributed by atoms with Crippen LogP contribution in [-0.4, -0.2) is 21.6 Å². The van der Waals surface area contributed by atoms with Crippen LogP contribution in [0.5, 0.6) is 5.75 Å². The first kappa shape index (κ1) is 12.1. The van der Waals surface area contributed by atoms with Crippen LogP contribution in [0.1, 0.15) is 5.56 Å². The molecule has 2 aromatic rings. The van der Waals surface area contributed by atoms with Crippen molar-refractivity contribution in [3.63, 3.8) is 0 Å². The second kappa shape index (κ2) is 5.79. The van der Waals surface area contributed by atoms with E-state index in [0.717, 1.165) is 23.9 Å². The van der Waals surface area contributed by atoms with Gasteiger partial charge in [-0.15, -0.1) is 0 Å². The molecule has 0 saturated carbocycles. The van der Waals surface area contributed by atoms with Gasteiger partial charge < -0.3 is 0 Å². The summed E-state index contributed by atoms with van der Waals surface area (Å²) < 4.78 is 3.34. The van der Waals surface area contributed by atoms with Gasteiger partial charge in [0.2, 0.25) is 0 Å². The number of aromatic nitrogens is 1. The number of nitrogens with one attached hydrogen (secondary N) is 2. The quantitative estimate of drug-likeness (QED) is 0.289. The van der Waals surface area contributed by atoms with E-state index < -0.39 is 0 Å². The number of phenols is 1. The average Bonchev–Trinajstić information content (AvgIpc) is 2.67. The molecule has 1 heterocycles. The summed E-state index contributed by atoms with van der Waals surface area (Å²) in [7, 11) is 1.84. The zero-order chi connectivity index (χ0) is 11.4. The molecule has 0 radical (unpaired) electrons. The molecule has 0 spiro atoms. The van der Waals surface area contributed by atoms with Gasteiger partial charge in [0, 0.05) is 0 Å². The van der Waals surface area contributed by atoms with E-state index in [1.165, 1.54) is 5.56 Å². The second-order valence-electron chi connectivity index (χ2n) is 3.42. The number of hydrogen-bond donors (Lipinski definition) is 3. The molecule has 2 rings (SSSR count). The predicted molar refractivity (Wildman–Crippen MR) is 65.2 cm³/mol. The van der Waals surface area contributed by atoms with Gasteiger partial charge in [-0.2, -0.15) is 0 Å². The van der Waals surface area contributed by atoms with E-state index in [2.05, 4.69) is 14.6 Å². The molecule has 0 aliphatic carbocycles. The molecule has 5 heteroatoms. The van der Waals surface area contributed by atoms with Gasteiger partial charge >= 0.3 is 108 Å². The Balaban J connectivity index is 2.09. The van der Waals surface area contributed by atoms with Crippen molar-refractivity contribution >= 4 is 20.0 Å². The molecule has 88 valence electrons. The third-order valence-corrected chi connectivity index (χ3v) is 5.10. The monoisotopic (exact) mass is 349 g/mol. The van der Waals surface area contributed by atoms with E-state index in [4.69, 9.17) is 0 Å². The number of alkyl halides is 1. The number of aromatic hydroxyl groups is 1. The van der Waals surface area contributed by atoms with E-state index in [-0.39, 0.29) is 19.8 Å². The van der Waals surface area contributed by atoms with Crippen LogP contribution in [-0.2, 0) is 6.42 Å². The zero-order valence-electron chi connectivity index (χ0n) is 8.96. The SMILES string of the molecule is C[I-]SNCCc1c[nH]c2ccc(O)cc12. The molecule has 1 aromatic heterocycles. The minimum atomic E-state index is 0.254. The Hall–Kier alpha value is -0.400. The third-order valence-electron chi connectivity index (χ3n) is 2.38. The maximum absolute atomic E-state index is 9.45. The number of benzene rings is 1. The van der Waals surface area contributed by atoms with Crippen LogP contribution in [0.2, 0.25) is 0 Å². The first-order valence-corrected chi connectivity index (χ1v) is 10.5. The van der Waals surface area contributed by atoms with Crippen molar-refractivity contribution in [2.75, 3.05) is 11.5 Å². The topological polar surface area (TPSA) is 48.0 Å². The minimum absolute atomic E-state index is 0.254. The fourth-order valence-corrected chi connectivity index (χ4v) is 3.54. The molecule has 1 aromatic carbocycles. The third kappa shape index (κ3) is 2.83. The molecule has 0 bridgehead atoms. The van der Waals surface area contributed by atoms with Crippen LogP contribution >= 0.6 is 9.12 Å². The molecule has 0 fully saturated rings. The van der Waals surface area contributed by atoms with Crippen molar-refractivity contribution in [3.05, 3.63) is 30.0 Å². The van der Waals surface area contributed by atoms with Gasteiger partial charge in [-0.05, 0) is 0 Å². The van der Waals surface area contributed by atoms with E-state index in [1.54, 1.807) is 6.07 Å². The predicted octanol–water partition coefficient (Wildman–Crippen LogP) is -0.712. The molecule has 3 N–H and O–H groups in total.